The Morgan fingerprint density at radius 3 is 2.86 bits per heavy atom. The van der Waals surface area contributed by atoms with Gasteiger partial charge in [-0.05, 0) is 19.1 Å². The van der Waals surface area contributed by atoms with E-state index in [1.54, 1.807) is 16.8 Å². The number of aryl methyl sites for hydroxylation is 1. The van der Waals surface area contributed by atoms with Gasteiger partial charge in [0.2, 0.25) is 5.88 Å². The highest BCUT2D eigenvalue weighted by molar-refractivity contribution is 5.67. The molecule has 3 heterocycles. The Labute approximate surface area is 161 Å². The van der Waals surface area contributed by atoms with E-state index in [1.807, 2.05) is 6.92 Å². The lowest BCUT2D eigenvalue weighted by atomic mass is 10.3. The Morgan fingerprint density at radius 1 is 1.25 bits per heavy atom. The highest BCUT2D eigenvalue weighted by Gasteiger charge is 2.17. The summed E-state index contributed by atoms with van der Waals surface area (Å²) in [5.74, 6) is 0.434. The van der Waals surface area contributed by atoms with Crippen LogP contribution in [0.5, 0.6) is 17.4 Å². The fourth-order valence-corrected chi connectivity index (χ4v) is 3.14. The van der Waals surface area contributed by atoms with Crippen molar-refractivity contribution in [2.75, 3.05) is 45.2 Å². The molecule has 148 valence electrons. The van der Waals surface area contributed by atoms with Crippen LogP contribution in [0.2, 0.25) is 0 Å². The van der Waals surface area contributed by atoms with E-state index in [2.05, 4.69) is 15.0 Å². The van der Waals surface area contributed by atoms with Crippen LogP contribution < -0.4 is 15.2 Å². The van der Waals surface area contributed by atoms with Gasteiger partial charge in [0.1, 0.15) is 24.2 Å². The molecule has 9 heteroatoms. The standard InChI is InChI=1S/C19H22FN5O3/c1-13-17(27-9-6-24-4-7-26-8-5-24)11-25-18(13)19(22-12-23-25)28-16-3-2-14(21)10-15(16)20/h2-3,10-12H,4-9,21H2,1H3. The van der Waals surface area contributed by atoms with Gasteiger partial charge in [-0.2, -0.15) is 10.1 Å². The second kappa shape index (κ2) is 7.99. The van der Waals surface area contributed by atoms with Crippen LogP contribution in [-0.4, -0.2) is 59.0 Å². The van der Waals surface area contributed by atoms with Gasteiger partial charge in [0, 0.05) is 37.0 Å². The number of fused-ring (bicyclic) bond motifs is 1. The van der Waals surface area contributed by atoms with E-state index in [0.29, 0.717) is 23.6 Å². The lowest BCUT2D eigenvalue weighted by Gasteiger charge is -2.26. The Morgan fingerprint density at radius 2 is 2.07 bits per heavy atom. The predicted molar refractivity (Wildman–Crippen MR) is 101 cm³/mol. The second-order valence-corrected chi connectivity index (χ2v) is 6.57. The molecule has 0 unspecified atom stereocenters. The van der Waals surface area contributed by atoms with Crippen LogP contribution in [0.25, 0.3) is 5.52 Å². The van der Waals surface area contributed by atoms with Crippen LogP contribution in [0.1, 0.15) is 5.56 Å². The first-order valence-corrected chi connectivity index (χ1v) is 9.10. The van der Waals surface area contributed by atoms with Crippen molar-refractivity contribution in [3.63, 3.8) is 0 Å². The molecule has 0 radical (unpaired) electrons. The third-order valence-electron chi connectivity index (χ3n) is 4.68. The normalized spacial score (nSPS) is 15.1. The number of hydrogen-bond acceptors (Lipinski definition) is 7. The number of hydrogen-bond donors (Lipinski definition) is 1. The summed E-state index contributed by atoms with van der Waals surface area (Å²) in [6, 6.07) is 4.25. The van der Waals surface area contributed by atoms with Crippen LogP contribution >= 0.6 is 0 Å². The summed E-state index contributed by atoms with van der Waals surface area (Å²) >= 11 is 0. The number of ether oxygens (including phenoxy) is 3. The van der Waals surface area contributed by atoms with E-state index in [1.165, 1.54) is 18.5 Å². The summed E-state index contributed by atoms with van der Waals surface area (Å²) in [6.45, 7) is 6.61. The van der Waals surface area contributed by atoms with E-state index in [9.17, 15) is 4.39 Å². The number of morpholine rings is 1. The van der Waals surface area contributed by atoms with Crippen molar-refractivity contribution >= 4 is 11.2 Å². The van der Waals surface area contributed by atoms with E-state index in [4.69, 9.17) is 19.9 Å². The minimum absolute atomic E-state index is 0.0465. The van der Waals surface area contributed by atoms with Crippen LogP contribution in [-0.2, 0) is 4.74 Å². The number of halogens is 1. The zero-order valence-electron chi connectivity index (χ0n) is 15.6. The maximum absolute atomic E-state index is 14.1. The molecule has 0 atom stereocenters. The first-order valence-electron chi connectivity index (χ1n) is 9.10. The number of rotatable bonds is 6. The minimum atomic E-state index is -0.553. The Kier molecular flexibility index (Phi) is 5.27. The number of anilines is 1. The van der Waals surface area contributed by atoms with Gasteiger partial charge < -0.3 is 19.9 Å². The average molecular weight is 387 g/mol. The zero-order valence-corrected chi connectivity index (χ0v) is 15.6. The summed E-state index contributed by atoms with van der Waals surface area (Å²) in [7, 11) is 0. The quantitative estimate of drug-likeness (QED) is 0.649. The van der Waals surface area contributed by atoms with Gasteiger partial charge in [0.05, 0.1) is 19.4 Å². The van der Waals surface area contributed by atoms with E-state index in [-0.39, 0.29) is 11.6 Å². The van der Waals surface area contributed by atoms with Crippen molar-refractivity contribution in [2.24, 2.45) is 0 Å². The third-order valence-corrected chi connectivity index (χ3v) is 4.68. The third kappa shape index (κ3) is 3.85. The molecule has 0 bridgehead atoms. The highest BCUT2D eigenvalue weighted by atomic mass is 19.1. The molecular formula is C19H22FN5O3. The zero-order chi connectivity index (χ0) is 19.5. The summed E-state index contributed by atoms with van der Waals surface area (Å²) in [5.41, 5.74) is 7.37. The summed E-state index contributed by atoms with van der Waals surface area (Å²) < 4.78 is 32.7. The smallest absolute Gasteiger partial charge is 0.247 e. The van der Waals surface area contributed by atoms with Crippen molar-refractivity contribution in [1.29, 1.82) is 0 Å². The molecule has 1 aromatic carbocycles. The summed E-state index contributed by atoms with van der Waals surface area (Å²) in [5, 5.41) is 4.20. The molecule has 0 amide bonds. The lowest BCUT2D eigenvalue weighted by molar-refractivity contribution is 0.0322. The van der Waals surface area contributed by atoms with Gasteiger partial charge in [-0.25, -0.2) is 8.91 Å². The van der Waals surface area contributed by atoms with Crippen LogP contribution in [0.15, 0.2) is 30.7 Å². The molecule has 1 aliphatic heterocycles. The van der Waals surface area contributed by atoms with Crippen molar-refractivity contribution in [3.8, 4) is 17.4 Å². The second-order valence-electron chi connectivity index (χ2n) is 6.57. The first-order chi connectivity index (χ1) is 13.6. The average Bonchev–Trinajstić information content (AvgIpc) is 3.02. The van der Waals surface area contributed by atoms with Crippen LogP contribution in [0.4, 0.5) is 10.1 Å². The fraction of sp³-hybridized carbons (Fsp3) is 0.368. The van der Waals surface area contributed by atoms with E-state index < -0.39 is 5.82 Å². The van der Waals surface area contributed by atoms with Gasteiger partial charge in [-0.15, -0.1) is 0 Å². The topological polar surface area (TPSA) is 87.1 Å². The van der Waals surface area contributed by atoms with Crippen molar-refractivity contribution < 1.29 is 18.6 Å². The maximum Gasteiger partial charge on any atom is 0.247 e. The SMILES string of the molecule is Cc1c(OCCN2CCOCC2)cn2ncnc(Oc3ccc(N)cc3F)c12. The van der Waals surface area contributed by atoms with Gasteiger partial charge >= 0.3 is 0 Å². The van der Waals surface area contributed by atoms with Crippen molar-refractivity contribution in [3.05, 3.63) is 42.1 Å². The molecule has 4 rings (SSSR count). The van der Waals surface area contributed by atoms with Gasteiger partial charge in [0.25, 0.3) is 0 Å². The van der Waals surface area contributed by atoms with Gasteiger partial charge in [-0.3, -0.25) is 4.90 Å². The lowest BCUT2D eigenvalue weighted by Crippen LogP contribution is -2.38. The predicted octanol–water partition coefficient (Wildman–Crippen LogP) is 2.26. The van der Waals surface area contributed by atoms with Crippen molar-refractivity contribution in [2.45, 2.75) is 6.92 Å². The largest absolute Gasteiger partial charge is 0.490 e. The molecule has 28 heavy (non-hydrogen) atoms. The van der Waals surface area contributed by atoms with E-state index in [0.717, 1.165) is 38.4 Å². The summed E-state index contributed by atoms with van der Waals surface area (Å²) in [4.78, 5) is 6.46. The number of benzene rings is 1. The molecule has 1 saturated heterocycles. The highest BCUT2D eigenvalue weighted by Crippen LogP contribution is 2.33. The molecule has 1 fully saturated rings. The molecule has 2 aromatic heterocycles. The maximum atomic E-state index is 14.1. The Hall–Kier alpha value is -2.91. The summed E-state index contributed by atoms with van der Waals surface area (Å²) in [6.07, 6.45) is 3.13. The molecule has 3 aromatic rings. The number of nitrogen functional groups attached to an aromatic ring is 1. The van der Waals surface area contributed by atoms with Gasteiger partial charge in [0.15, 0.2) is 11.6 Å². The van der Waals surface area contributed by atoms with Gasteiger partial charge in [-0.1, -0.05) is 0 Å². The molecule has 0 spiro atoms. The number of nitrogens with two attached hydrogens (primary N) is 1. The number of aromatic nitrogens is 3. The first kappa shape index (κ1) is 18.5. The fourth-order valence-electron chi connectivity index (χ4n) is 3.14. The molecule has 0 saturated carbocycles. The molecule has 0 aliphatic carbocycles. The molecular weight excluding hydrogens is 365 g/mol. The monoisotopic (exact) mass is 387 g/mol. The van der Waals surface area contributed by atoms with E-state index >= 15 is 0 Å². The molecule has 1 aliphatic rings. The molecule has 8 nitrogen and oxygen atoms in total. The Balaban J connectivity index is 1.52. The van der Waals surface area contributed by atoms with Crippen LogP contribution in [0, 0.1) is 12.7 Å². The number of nitrogens with zero attached hydrogens (tertiary/aromatic N) is 4. The van der Waals surface area contributed by atoms with Crippen molar-refractivity contribution in [1.82, 2.24) is 19.5 Å². The Bertz CT molecular complexity index is 972. The minimum Gasteiger partial charge on any atom is -0.490 e. The molecule has 2 N–H and O–H groups in total. The van der Waals surface area contributed by atoms with Crippen LogP contribution in [0.3, 0.4) is 0 Å².